The number of fused-ring (bicyclic) bond motifs is 8. The average Bonchev–Trinajstić information content (AvgIpc) is 3.72. The highest BCUT2D eigenvalue weighted by molar-refractivity contribution is 7.19. The quantitative estimate of drug-likeness (QED) is 0.167. The second kappa shape index (κ2) is 12.0. The van der Waals surface area contributed by atoms with Gasteiger partial charge in [0.15, 0.2) is 0 Å². The number of aromatic nitrogens is 1. The third-order valence-corrected chi connectivity index (χ3v) is 12.6. The second-order valence-corrected chi connectivity index (χ2v) is 16.1. The Hall–Kier alpha value is -5.51. The number of anilines is 2. The van der Waals surface area contributed by atoms with Crippen molar-refractivity contribution < 1.29 is 0 Å². The molecule has 52 heavy (non-hydrogen) atoms. The van der Waals surface area contributed by atoms with Crippen LogP contribution in [0.2, 0.25) is 0 Å². The van der Waals surface area contributed by atoms with E-state index in [1.54, 1.807) is 0 Å². The van der Waals surface area contributed by atoms with Gasteiger partial charge in [0.05, 0.1) is 10.2 Å². The Labute approximate surface area is 309 Å². The van der Waals surface area contributed by atoms with Gasteiger partial charge in [-0.1, -0.05) is 124 Å². The summed E-state index contributed by atoms with van der Waals surface area (Å²) in [6, 6.07) is 41.0. The summed E-state index contributed by atoms with van der Waals surface area (Å²) in [5, 5.41) is 6.14. The van der Waals surface area contributed by atoms with Gasteiger partial charge in [-0.3, -0.25) is 0 Å². The predicted molar refractivity (Wildman–Crippen MR) is 224 cm³/mol. The van der Waals surface area contributed by atoms with Gasteiger partial charge >= 0.3 is 0 Å². The Kier molecular flexibility index (Phi) is 7.23. The van der Waals surface area contributed by atoms with E-state index >= 15 is 0 Å². The third-order valence-electron chi connectivity index (χ3n) is 11.6. The fourth-order valence-corrected chi connectivity index (χ4v) is 9.83. The maximum Gasteiger partial charge on any atom is 0.120 e. The molecule has 1 aromatic heterocycles. The summed E-state index contributed by atoms with van der Waals surface area (Å²) in [6.45, 7) is 7.02. The molecule has 1 heterocycles. The lowest BCUT2D eigenvalue weighted by Gasteiger charge is -2.29. The Bertz CT molecular complexity index is 2700. The van der Waals surface area contributed by atoms with Crippen molar-refractivity contribution in [2.24, 2.45) is 5.92 Å². The molecular weight excluding hydrogens is 649 g/mol. The highest BCUT2D eigenvalue weighted by atomic mass is 32.1. The van der Waals surface area contributed by atoms with Crippen LogP contribution in [0.15, 0.2) is 151 Å². The molecule has 3 aliphatic rings. The number of thiazole rings is 1. The monoisotopic (exact) mass is 688 g/mol. The van der Waals surface area contributed by atoms with E-state index in [9.17, 15) is 0 Å². The summed E-state index contributed by atoms with van der Waals surface area (Å²) in [4.78, 5) is 7.70. The van der Waals surface area contributed by atoms with E-state index in [0.717, 1.165) is 29.8 Å². The second-order valence-electron chi connectivity index (χ2n) is 15.1. The lowest BCUT2D eigenvalue weighted by Crippen LogP contribution is -2.19. The number of allylic oxidation sites excluding steroid dienone is 7. The van der Waals surface area contributed by atoms with E-state index in [0.29, 0.717) is 5.92 Å². The number of hydrogen-bond donors (Lipinski definition) is 0. The van der Waals surface area contributed by atoms with E-state index in [2.05, 4.69) is 171 Å². The molecule has 1 atom stereocenters. The van der Waals surface area contributed by atoms with Crippen LogP contribution in [0, 0.1) is 5.92 Å². The first kappa shape index (κ1) is 31.2. The van der Waals surface area contributed by atoms with Crippen molar-refractivity contribution in [1.29, 1.82) is 0 Å². The molecule has 3 aliphatic carbocycles. The van der Waals surface area contributed by atoms with Gasteiger partial charge in [-0.15, -0.1) is 11.3 Å². The maximum absolute atomic E-state index is 5.28. The van der Waals surface area contributed by atoms with Crippen LogP contribution in [-0.4, -0.2) is 4.98 Å². The van der Waals surface area contributed by atoms with E-state index in [-0.39, 0.29) is 5.41 Å². The van der Waals surface area contributed by atoms with Crippen LogP contribution in [0.4, 0.5) is 11.4 Å². The molecule has 0 radical (unpaired) electrons. The van der Waals surface area contributed by atoms with Crippen molar-refractivity contribution in [2.45, 2.75) is 45.4 Å². The van der Waals surface area contributed by atoms with Gasteiger partial charge in [0.25, 0.3) is 0 Å². The molecule has 0 amide bonds. The van der Waals surface area contributed by atoms with Crippen molar-refractivity contribution in [2.75, 3.05) is 4.90 Å². The smallest absolute Gasteiger partial charge is 0.120 e. The lowest BCUT2D eigenvalue weighted by molar-refractivity contribution is 0.660. The molecule has 7 aromatic rings. The van der Waals surface area contributed by atoms with Crippen LogP contribution in [0.1, 0.15) is 56.2 Å². The van der Waals surface area contributed by atoms with Crippen LogP contribution in [0.25, 0.3) is 59.6 Å². The van der Waals surface area contributed by atoms with Gasteiger partial charge in [0.2, 0.25) is 0 Å². The Morgan fingerprint density at radius 2 is 1.52 bits per heavy atom. The van der Waals surface area contributed by atoms with E-state index in [4.69, 9.17) is 4.98 Å². The minimum atomic E-state index is -0.0493. The number of nitrogens with zero attached hydrogens (tertiary/aromatic N) is 2. The van der Waals surface area contributed by atoms with Crippen LogP contribution < -0.4 is 4.90 Å². The molecule has 6 aromatic carbocycles. The molecule has 0 aliphatic heterocycles. The summed E-state index contributed by atoms with van der Waals surface area (Å²) in [6.07, 6.45) is 16.9. The Morgan fingerprint density at radius 1 is 0.731 bits per heavy atom. The zero-order chi connectivity index (χ0) is 35.0. The van der Waals surface area contributed by atoms with E-state index in [1.165, 1.54) is 82.3 Å². The summed E-state index contributed by atoms with van der Waals surface area (Å²) >= 11 is 1.82. The average molecular weight is 689 g/mol. The highest BCUT2D eigenvalue weighted by Gasteiger charge is 2.35. The first-order valence-corrected chi connectivity index (χ1v) is 19.4. The minimum absolute atomic E-state index is 0.0493. The molecular formula is C49H40N2S. The van der Waals surface area contributed by atoms with E-state index < -0.39 is 0 Å². The fraction of sp³-hybridized carbons (Fsp3) is 0.163. The molecule has 0 bridgehead atoms. The summed E-state index contributed by atoms with van der Waals surface area (Å²) in [7, 11) is 0. The standard InChI is InChI=1S/C49H40N2S/c1-31-11-7-8-14-39(31)48-50-47-45(52-48)28-22-33-17-18-35-29-34(21-26-40(35)46(33)47)32-19-23-37(24-20-32)51(36-12-5-4-6-13-36)38-25-27-42-41-15-9-10-16-43(41)49(2,3)44(42)30-38/h5,7-10,12-31H,4,6,11H2,1-3H3. The number of rotatable bonds is 5. The minimum Gasteiger partial charge on any atom is -0.311 e. The highest BCUT2D eigenvalue weighted by Crippen LogP contribution is 2.50. The molecule has 0 fully saturated rings. The van der Waals surface area contributed by atoms with Crippen molar-refractivity contribution >= 4 is 60.0 Å². The number of benzene rings is 6. The first-order valence-electron chi connectivity index (χ1n) is 18.6. The molecule has 3 heteroatoms. The molecule has 0 saturated heterocycles. The molecule has 2 nitrogen and oxygen atoms in total. The van der Waals surface area contributed by atoms with E-state index in [1.807, 2.05) is 11.3 Å². The topological polar surface area (TPSA) is 16.1 Å². The zero-order valence-electron chi connectivity index (χ0n) is 29.9. The SMILES string of the molecule is CC1CC=CC=C1c1nc2c(ccc3ccc4cc(-c5ccc(N(C6=CCCC=C6)c6ccc7c(c6)C(C)(C)c6ccccc6-7)cc5)ccc4c32)s1. The van der Waals surface area contributed by atoms with Gasteiger partial charge in [-0.05, 0) is 123 Å². The molecule has 0 saturated carbocycles. The van der Waals surface area contributed by atoms with Crippen LogP contribution in [0.5, 0.6) is 0 Å². The van der Waals surface area contributed by atoms with Crippen LogP contribution in [0.3, 0.4) is 0 Å². The van der Waals surface area contributed by atoms with Gasteiger partial charge in [-0.2, -0.15) is 0 Å². The number of hydrogen-bond acceptors (Lipinski definition) is 3. The predicted octanol–water partition coefficient (Wildman–Crippen LogP) is 13.9. The summed E-state index contributed by atoms with van der Waals surface area (Å²) in [5.41, 5.74) is 13.9. The largest absolute Gasteiger partial charge is 0.311 e. The maximum atomic E-state index is 5.28. The molecule has 1 unspecified atom stereocenters. The van der Waals surface area contributed by atoms with Crippen molar-refractivity contribution in [3.63, 3.8) is 0 Å². The van der Waals surface area contributed by atoms with Crippen molar-refractivity contribution in [3.8, 4) is 22.3 Å². The van der Waals surface area contributed by atoms with Gasteiger partial charge in [0, 0.05) is 27.9 Å². The van der Waals surface area contributed by atoms with Gasteiger partial charge in [-0.25, -0.2) is 4.98 Å². The van der Waals surface area contributed by atoms with Gasteiger partial charge in [0.1, 0.15) is 5.01 Å². The van der Waals surface area contributed by atoms with Crippen LogP contribution >= 0.6 is 11.3 Å². The third kappa shape index (κ3) is 4.94. The molecule has 0 spiro atoms. The summed E-state index contributed by atoms with van der Waals surface area (Å²) in [5.74, 6) is 0.490. The Morgan fingerprint density at radius 3 is 2.37 bits per heavy atom. The fourth-order valence-electron chi connectivity index (χ4n) is 8.72. The van der Waals surface area contributed by atoms with Crippen molar-refractivity contribution in [3.05, 3.63) is 167 Å². The molecule has 0 N–H and O–H groups in total. The Balaban J connectivity index is 1.02. The van der Waals surface area contributed by atoms with Crippen molar-refractivity contribution in [1.82, 2.24) is 4.98 Å². The summed E-state index contributed by atoms with van der Waals surface area (Å²) < 4.78 is 1.25. The first-order chi connectivity index (χ1) is 25.4. The van der Waals surface area contributed by atoms with Gasteiger partial charge < -0.3 is 4.90 Å². The molecule has 252 valence electrons. The lowest BCUT2D eigenvalue weighted by atomic mass is 9.82. The molecule has 10 rings (SSSR count). The normalized spacial score (nSPS) is 17.3. The zero-order valence-corrected chi connectivity index (χ0v) is 30.7. The van der Waals surface area contributed by atoms with Crippen LogP contribution in [-0.2, 0) is 5.41 Å².